The van der Waals surface area contributed by atoms with Crippen LogP contribution in [0.2, 0.25) is 0 Å². The molecule has 3 N–H and O–H groups in total. The molecule has 0 rings (SSSR count). The molecular weight excluding hydrogens is 224 g/mol. The quantitative estimate of drug-likeness (QED) is 0.556. The van der Waals surface area contributed by atoms with Crippen LogP contribution in [0.4, 0.5) is 4.79 Å². The third-order valence-electron chi connectivity index (χ3n) is 2.03. The number of hydrogen-bond donors (Lipinski definition) is 3. The monoisotopic (exact) mass is 242 g/mol. The van der Waals surface area contributed by atoms with Gasteiger partial charge in [-0.1, -0.05) is 12.2 Å². The zero-order valence-electron chi connectivity index (χ0n) is 9.85. The van der Waals surface area contributed by atoms with Crippen LogP contribution >= 0.6 is 0 Å². The van der Waals surface area contributed by atoms with Crippen molar-refractivity contribution in [3.63, 3.8) is 0 Å². The highest BCUT2D eigenvalue weighted by atomic mass is 16.4. The minimum absolute atomic E-state index is 0.313. The van der Waals surface area contributed by atoms with E-state index in [0.29, 0.717) is 13.1 Å². The summed E-state index contributed by atoms with van der Waals surface area (Å²) < 4.78 is 0. The molecular formula is C11H18N2O4. The number of amides is 2. The van der Waals surface area contributed by atoms with Crippen LogP contribution in [0, 0.1) is 0 Å². The van der Waals surface area contributed by atoms with Gasteiger partial charge >= 0.3 is 12.0 Å². The highest BCUT2D eigenvalue weighted by Gasteiger charge is 2.30. The maximum atomic E-state index is 11.6. The smallest absolute Gasteiger partial charge is 0.337 e. The van der Waals surface area contributed by atoms with E-state index in [1.807, 2.05) is 0 Å². The molecule has 0 saturated carbocycles. The zero-order chi connectivity index (χ0) is 13.5. The van der Waals surface area contributed by atoms with E-state index >= 15 is 0 Å². The molecule has 6 heteroatoms. The van der Waals surface area contributed by atoms with Crippen molar-refractivity contribution in [2.45, 2.75) is 12.5 Å². The lowest BCUT2D eigenvalue weighted by Crippen LogP contribution is -2.50. The largest absolute Gasteiger partial charge is 0.479 e. The lowest BCUT2D eigenvalue weighted by Gasteiger charge is -2.23. The molecule has 0 aromatic rings. The Morgan fingerprint density at radius 1 is 1.35 bits per heavy atom. The summed E-state index contributed by atoms with van der Waals surface area (Å²) in [5.74, 6) is -1.39. The minimum Gasteiger partial charge on any atom is -0.479 e. The Morgan fingerprint density at radius 2 is 1.82 bits per heavy atom. The summed E-state index contributed by atoms with van der Waals surface area (Å²) in [6.45, 7) is 8.37. The standard InChI is InChI=1S/C11H18N2O4/c1-4-6-13(7-5-2)10(16)12-8-11(3,17)9(14)15/h4-5,17H,1-2,6-8H2,3H3,(H,12,16)(H,14,15). The van der Waals surface area contributed by atoms with Gasteiger partial charge in [-0.15, -0.1) is 13.2 Å². The maximum absolute atomic E-state index is 11.6. The molecule has 0 aliphatic heterocycles. The Kier molecular flexibility index (Phi) is 5.98. The lowest BCUT2D eigenvalue weighted by molar-refractivity contribution is -0.155. The molecule has 0 aromatic heterocycles. The number of carboxylic acid groups (broad SMARTS) is 1. The third-order valence-corrected chi connectivity index (χ3v) is 2.03. The van der Waals surface area contributed by atoms with Gasteiger partial charge in [0, 0.05) is 13.1 Å². The fourth-order valence-corrected chi connectivity index (χ4v) is 0.987. The summed E-state index contributed by atoms with van der Waals surface area (Å²) in [4.78, 5) is 23.6. The number of aliphatic hydroxyl groups is 1. The van der Waals surface area contributed by atoms with Crippen molar-refractivity contribution in [2.75, 3.05) is 19.6 Å². The van der Waals surface area contributed by atoms with Gasteiger partial charge in [0.1, 0.15) is 0 Å². The van der Waals surface area contributed by atoms with Crippen molar-refractivity contribution in [2.24, 2.45) is 0 Å². The fourth-order valence-electron chi connectivity index (χ4n) is 0.987. The van der Waals surface area contributed by atoms with Crippen molar-refractivity contribution < 1.29 is 19.8 Å². The highest BCUT2D eigenvalue weighted by Crippen LogP contribution is 2.01. The number of carbonyl (C=O) groups excluding carboxylic acids is 1. The minimum atomic E-state index is -1.98. The van der Waals surface area contributed by atoms with Gasteiger partial charge in [0.2, 0.25) is 0 Å². The average molecular weight is 242 g/mol. The molecule has 0 aromatic carbocycles. The molecule has 0 bridgehead atoms. The fraction of sp³-hybridized carbons (Fsp3) is 0.455. The number of hydrogen-bond acceptors (Lipinski definition) is 3. The van der Waals surface area contributed by atoms with E-state index < -0.39 is 17.6 Å². The first-order chi connectivity index (χ1) is 7.85. The van der Waals surface area contributed by atoms with Crippen LogP contribution in [0.15, 0.2) is 25.3 Å². The van der Waals surface area contributed by atoms with Crippen molar-refractivity contribution in [1.82, 2.24) is 10.2 Å². The molecule has 1 atom stereocenters. The molecule has 1 unspecified atom stereocenters. The number of carbonyl (C=O) groups is 2. The van der Waals surface area contributed by atoms with Crippen molar-refractivity contribution in [3.05, 3.63) is 25.3 Å². The van der Waals surface area contributed by atoms with E-state index in [0.717, 1.165) is 6.92 Å². The predicted molar refractivity (Wildman–Crippen MR) is 63.6 cm³/mol. The van der Waals surface area contributed by atoms with Crippen LogP contribution in [-0.2, 0) is 4.79 Å². The first-order valence-electron chi connectivity index (χ1n) is 5.05. The van der Waals surface area contributed by atoms with Gasteiger partial charge in [-0.25, -0.2) is 9.59 Å². The van der Waals surface area contributed by atoms with Gasteiger partial charge in [-0.05, 0) is 6.92 Å². The van der Waals surface area contributed by atoms with E-state index in [1.54, 1.807) is 12.2 Å². The normalized spacial score (nSPS) is 13.3. The second-order valence-corrected chi connectivity index (χ2v) is 3.72. The topological polar surface area (TPSA) is 89.9 Å². The molecule has 0 radical (unpaired) electrons. The van der Waals surface area contributed by atoms with Gasteiger partial charge in [0.05, 0.1) is 6.54 Å². The first kappa shape index (κ1) is 15.2. The zero-order valence-corrected chi connectivity index (χ0v) is 9.85. The van der Waals surface area contributed by atoms with Crippen LogP contribution in [0.3, 0.4) is 0 Å². The Hall–Kier alpha value is -1.82. The summed E-state index contributed by atoms with van der Waals surface area (Å²) in [5.41, 5.74) is -1.98. The van der Waals surface area contributed by atoms with Gasteiger partial charge in [0.25, 0.3) is 0 Å². The van der Waals surface area contributed by atoms with Crippen molar-refractivity contribution in [3.8, 4) is 0 Å². The molecule has 6 nitrogen and oxygen atoms in total. The molecule has 0 aliphatic carbocycles. The van der Waals surface area contributed by atoms with E-state index in [-0.39, 0.29) is 6.54 Å². The molecule has 0 saturated heterocycles. The molecule has 17 heavy (non-hydrogen) atoms. The second kappa shape index (κ2) is 6.70. The van der Waals surface area contributed by atoms with Gasteiger partial charge in [0.15, 0.2) is 5.60 Å². The number of carboxylic acids is 1. The number of nitrogens with one attached hydrogen (secondary N) is 1. The lowest BCUT2D eigenvalue weighted by atomic mass is 10.1. The Labute approximate surface area is 100 Å². The second-order valence-electron chi connectivity index (χ2n) is 3.72. The SMILES string of the molecule is C=CCN(CC=C)C(=O)NCC(C)(O)C(=O)O. The Morgan fingerprint density at radius 3 is 2.18 bits per heavy atom. The summed E-state index contributed by atoms with van der Waals surface area (Å²) in [7, 11) is 0. The summed E-state index contributed by atoms with van der Waals surface area (Å²) in [6.07, 6.45) is 3.08. The third kappa shape index (κ3) is 5.17. The van der Waals surface area contributed by atoms with Gasteiger partial charge in [-0.3, -0.25) is 0 Å². The molecule has 0 heterocycles. The number of rotatable bonds is 7. The Bertz CT molecular complexity index is 303. The average Bonchev–Trinajstić information content (AvgIpc) is 2.25. The first-order valence-corrected chi connectivity index (χ1v) is 5.05. The van der Waals surface area contributed by atoms with Gasteiger partial charge in [-0.2, -0.15) is 0 Å². The highest BCUT2D eigenvalue weighted by molar-refractivity contribution is 5.79. The Balaban J connectivity index is 4.36. The predicted octanol–water partition coefficient (Wildman–Crippen LogP) is 0.206. The van der Waals surface area contributed by atoms with Crippen molar-refractivity contribution >= 4 is 12.0 Å². The summed E-state index contributed by atoms with van der Waals surface area (Å²) in [6, 6.07) is -0.480. The molecule has 0 spiro atoms. The van der Waals surface area contributed by atoms with Crippen LogP contribution in [0.5, 0.6) is 0 Å². The van der Waals surface area contributed by atoms with Crippen LogP contribution < -0.4 is 5.32 Å². The van der Waals surface area contributed by atoms with E-state index in [9.17, 15) is 14.7 Å². The van der Waals surface area contributed by atoms with Gasteiger partial charge < -0.3 is 20.4 Å². The van der Waals surface area contributed by atoms with Crippen molar-refractivity contribution in [1.29, 1.82) is 0 Å². The number of aliphatic carboxylic acids is 1. The molecule has 2 amide bonds. The van der Waals surface area contributed by atoms with Crippen LogP contribution in [0.25, 0.3) is 0 Å². The summed E-state index contributed by atoms with van der Waals surface area (Å²) >= 11 is 0. The van der Waals surface area contributed by atoms with E-state index in [1.165, 1.54) is 4.90 Å². The molecule has 96 valence electrons. The summed E-state index contributed by atoms with van der Waals surface area (Å²) in [5, 5.41) is 20.4. The molecule has 0 aliphatic rings. The number of nitrogens with zero attached hydrogens (tertiary/aromatic N) is 1. The van der Waals surface area contributed by atoms with E-state index in [4.69, 9.17) is 5.11 Å². The maximum Gasteiger partial charge on any atom is 0.337 e. The molecule has 0 fully saturated rings. The van der Waals surface area contributed by atoms with Crippen LogP contribution in [-0.4, -0.2) is 52.3 Å². The van der Waals surface area contributed by atoms with E-state index in [2.05, 4.69) is 18.5 Å². The van der Waals surface area contributed by atoms with Crippen LogP contribution in [0.1, 0.15) is 6.92 Å². The number of urea groups is 1.